The molecular formula is C31H36ClN4O5+. The van der Waals surface area contributed by atoms with Gasteiger partial charge in [-0.05, 0) is 28.8 Å². The molecule has 0 bridgehead atoms. The first kappa shape index (κ1) is 29.3. The van der Waals surface area contributed by atoms with Crippen molar-refractivity contribution in [1.82, 2.24) is 10.6 Å². The van der Waals surface area contributed by atoms with Gasteiger partial charge in [-0.1, -0.05) is 66.2 Å². The van der Waals surface area contributed by atoms with Crippen LogP contribution in [0.5, 0.6) is 0 Å². The highest BCUT2D eigenvalue weighted by atomic mass is 35.5. The van der Waals surface area contributed by atoms with E-state index in [4.69, 9.17) is 17.3 Å². The summed E-state index contributed by atoms with van der Waals surface area (Å²) in [6.07, 6.45) is 0.497. The third-order valence-corrected chi connectivity index (χ3v) is 8.62. The van der Waals surface area contributed by atoms with Gasteiger partial charge in [0.05, 0.1) is 25.9 Å². The van der Waals surface area contributed by atoms with Gasteiger partial charge in [0.2, 0.25) is 5.60 Å². The number of carbonyl (C=O) groups is 2. The molecule has 1 aliphatic heterocycles. The van der Waals surface area contributed by atoms with E-state index >= 15 is 4.79 Å². The van der Waals surface area contributed by atoms with Crippen LogP contribution in [0.4, 0.5) is 0 Å². The van der Waals surface area contributed by atoms with Crippen LogP contribution in [0.25, 0.3) is 11.1 Å². The van der Waals surface area contributed by atoms with Gasteiger partial charge < -0.3 is 21.1 Å². The Kier molecular flexibility index (Phi) is 8.58. The fourth-order valence-corrected chi connectivity index (χ4v) is 6.83. The molecule has 1 fully saturated rings. The third-order valence-electron chi connectivity index (χ3n) is 8.39. The van der Waals surface area contributed by atoms with Gasteiger partial charge in [-0.3, -0.25) is 15.4 Å². The molecular weight excluding hydrogens is 544 g/mol. The smallest absolute Gasteiger partial charge is 0.355 e. The maximum Gasteiger partial charge on any atom is 0.355 e. The van der Waals surface area contributed by atoms with Gasteiger partial charge in [0, 0.05) is 47.6 Å². The van der Waals surface area contributed by atoms with Gasteiger partial charge in [-0.2, -0.15) is 0 Å². The van der Waals surface area contributed by atoms with Crippen LogP contribution in [0, 0.1) is 0 Å². The van der Waals surface area contributed by atoms with Crippen LogP contribution in [0.2, 0.25) is 5.02 Å². The van der Waals surface area contributed by atoms with E-state index in [2.05, 4.69) is 10.6 Å². The number of amides is 2. The summed E-state index contributed by atoms with van der Waals surface area (Å²) in [5.41, 5.74) is 7.91. The Morgan fingerprint density at radius 3 is 2.12 bits per heavy atom. The number of nitrogens with zero attached hydrogens (tertiary/aromatic N) is 1. The summed E-state index contributed by atoms with van der Waals surface area (Å²) >= 11 is 6.47. The molecule has 0 aromatic heterocycles. The quantitative estimate of drug-likeness (QED) is 0.150. The van der Waals surface area contributed by atoms with Crippen LogP contribution in [-0.4, -0.2) is 70.5 Å². The van der Waals surface area contributed by atoms with Crippen molar-refractivity contribution in [2.75, 3.05) is 32.8 Å². The normalized spacial score (nSPS) is 20.7. The SMILES string of the molecule is NC(=O)[C@@H]1CCC[N+]1(Cc1cc(Cl)ccc1C(NCCO)NCCO)C(=O)C1(O)c2ccccc2-c2ccccc21. The summed E-state index contributed by atoms with van der Waals surface area (Å²) in [5, 5.41) is 38.3. The van der Waals surface area contributed by atoms with E-state index in [0.29, 0.717) is 41.1 Å². The molecule has 1 unspecified atom stereocenters. The number of aliphatic hydroxyl groups is 3. The second kappa shape index (κ2) is 12.0. The van der Waals surface area contributed by atoms with Crippen LogP contribution >= 0.6 is 11.6 Å². The van der Waals surface area contributed by atoms with Crippen molar-refractivity contribution >= 4 is 23.4 Å². The lowest BCUT2D eigenvalue weighted by Crippen LogP contribution is -2.65. The lowest BCUT2D eigenvalue weighted by atomic mass is 9.87. The molecule has 3 aromatic rings. The average Bonchev–Trinajstić information content (AvgIpc) is 3.52. The summed E-state index contributed by atoms with van der Waals surface area (Å²) in [6, 6.07) is 19.1. The predicted molar refractivity (Wildman–Crippen MR) is 155 cm³/mol. The Morgan fingerprint density at radius 1 is 0.976 bits per heavy atom. The van der Waals surface area contributed by atoms with E-state index in [9.17, 15) is 20.1 Å². The predicted octanol–water partition coefficient (Wildman–Crippen LogP) is 1.91. The molecule has 9 nitrogen and oxygen atoms in total. The highest BCUT2D eigenvalue weighted by molar-refractivity contribution is 6.30. The van der Waals surface area contributed by atoms with E-state index in [1.807, 2.05) is 30.3 Å². The highest BCUT2D eigenvalue weighted by Gasteiger charge is 2.62. The molecule has 41 heavy (non-hydrogen) atoms. The van der Waals surface area contributed by atoms with Crippen LogP contribution in [0.15, 0.2) is 66.7 Å². The Labute approximate surface area is 244 Å². The van der Waals surface area contributed by atoms with Crippen molar-refractivity contribution in [3.05, 3.63) is 94.0 Å². The van der Waals surface area contributed by atoms with Crippen molar-refractivity contribution in [3.8, 4) is 11.1 Å². The van der Waals surface area contributed by atoms with E-state index in [1.54, 1.807) is 36.4 Å². The van der Waals surface area contributed by atoms with E-state index in [1.165, 1.54) is 0 Å². The molecule has 10 heteroatoms. The summed E-state index contributed by atoms with van der Waals surface area (Å²) < 4.78 is -0.367. The van der Waals surface area contributed by atoms with Gasteiger partial charge in [0.15, 0.2) is 6.04 Å². The molecule has 2 amide bonds. The summed E-state index contributed by atoms with van der Waals surface area (Å²) in [5.74, 6) is -1.11. The van der Waals surface area contributed by atoms with Gasteiger partial charge in [-0.25, -0.2) is 9.28 Å². The number of hydrogen-bond acceptors (Lipinski definition) is 7. The maximum absolute atomic E-state index is 15.0. The molecule has 0 spiro atoms. The molecule has 216 valence electrons. The topological polar surface area (TPSA) is 145 Å². The fourth-order valence-electron chi connectivity index (χ4n) is 6.63. The van der Waals surface area contributed by atoms with Crippen LogP contribution in [0.3, 0.4) is 0 Å². The highest BCUT2D eigenvalue weighted by Crippen LogP contribution is 2.50. The molecule has 3 aromatic carbocycles. The van der Waals surface area contributed by atoms with Crippen molar-refractivity contribution in [1.29, 1.82) is 0 Å². The maximum atomic E-state index is 15.0. The monoisotopic (exact) mass is 579 g/mol. The number of halogens is 1. The first-order valence-corrected chi connectivity index (χ1v) is 14.3. The second-order valence-electron chi connectivity index (χ2n) is 10.7. The Morgan fingerprint density at radius 2 is 1.56 bits per heavy atom. The van der Waals surface area contributed by atoms with Crippen LogP contribution in [0.1, 0.15) is 41.3 Å². The van der Waals surface area contributed by atoms with Gasteiger partial charge in [-0.15, -0.1) is 0 Å². The van der Waals surface area contributed by atoms with Crippen molar-refractivity contribution < 1.29 is 29.4 Å². The minimum absolute atomic E-state index is 0.0626. The molecule has 7 N–H and O–H groups in total. The number of nitrogens with one attached hydrogen (secondary N) is 2. The number of fused-ring (bicyclic) bond motifs is 3. The molecule has 0 radical (unpaired) electrons. The molecule has 0 saturated carbocycles. The number of hydrogen-bond donors (Lipinski definition) is 6. The first-order valence-electron chi connectivity index (χ1n) is 13.9. The van der Waals surface area contributed by atoms with Crippen molar-refractivity contribution in [3.63, 3.8) is 0 Å². The Hall–Kier alpha value is -3.15. The lowest BCUT2D eigenvalue weighted by molar-refractivity contribution is -0.873. The standard InChI is InChI=1S/C31H35ClN4O5/c32-21-11-12-22(29(34-13-16-37)35-14-17-38)20(18-21)19-36(15-5-10-27(36)28(33)39)30(40)31(41)25-8-3-1-6-23(25)24-7-2-4-9-26(24)31/h1-4,6-9,11-12,18,27,29,34-35,37-38,41H,5,10,13-17,19H2,(H-,33,39)/p+1/t27-,36?/m0/s1. The minimum Gasteiger partial charge on any atom is -0.395 e. The third kappa shape index (κ3) is 5.08. The molecule has 5 rings (SSSR count). The molecule has 2 aliphatic rings. The lowest BCUT2D eigenvalue weighted by Gasteiger charge is -2.41. The van der Waals surface area contributed by atoms with Gasteiger partial charge >= 0.3 is 5.91 Å². The number of primary amides is 1. The zero-order valence-corrected chi connectivity index (χ0v) is 23.5. The fraction of sp³-hybridized carbons (Fsp3) is 0.355. The summed E-state index contributed by atoms with van der Waals surface area (Å²) in [4.78, 5) is 28.0. The van der Waals surface area contributed by atoms with Crippen molar-refractivity contribution in [2.45, 2.75) is 37.2 Å². The van der Waals surface area contributed by atoms with E-state index in [0.717, 1.165) is 16.7 Å². The zero-order valence-electron chi connectivity index (χ0n) is 22.7. The molecule has 1 saturated heterocycles. The molecule has 2 atom stereocenters. The summed E-state index contributed by atoms with van der Waals surface area (Å²) in [7, 11) is 0. The zero-order chi connectivity index (χ0) is 29.2. The molecule has 1 aliphatic carbocycles. The Balaban J connectivity index is 1.66. The number of aliphatic hydroxyl groups excluding tert-OH is 2. The number of carbonyl (C=O) groups excluding carboxylic acids is 2. The van der Waals surface area contributed by atoms with Crippen LogP contribution in [-0.2, 0) is 21.7 Å². The Bertz CT molecular complexity index is 1400. The van der Waals surface area contributed by atoms with E-state index < -0.39 is 29.6 Å². The van der Waals surface area contributed by atoms with Gasteiger partial charge in [0.25, 0.3) is 5.91 Å². The van der Waals surface area contributed by atoms with E-state index in [-0.39, 0.29) is 37.3 Å². The second-order valence-corrected chi connectivity index (χ2v) is 11.2. The molecule has 1 heterocycles. The largest absolute Gasteiger partial charge is 0.395 e. The van der Waals surface area contributed by atoms with Crippen molar-refractivity contribution in [2.24, 2.45) is 5.73 Å². The average molecular weight is 580 g/mol. The number of quaternary nitrogens is 1. The number of likely N-dealkylation sites (tertiary alicyclic amines) is 1. The van der Waals surface area contributed by atoms with Crippen LogP contribution < -0.4 is 16.4 Å². The summed E-state index contributed by atoms with van der Waals surface area (Å²) in [6.45, 7) is 0.724. The number of benzene rings is 3. The number of nitrogens with two attached hydrogens (primary N) is 1. The minimum atomic E-state index is -1.99. The number of rotatable bonds is 11. The van der Waals surface area contributed by atoms with Gasteiger partial charge in [0.1, 0.15) is 6.54 Å². The first-order chi connectivity index (χ1) is 19.8.